The van der Waals surface area contributed by atoms with Crippen LogP contribution in [0.15, 0.2) is 6.20 Å². The van der Waals surface area contributed by atoms with Gasteiger partial charge in [0, 0.05) is 32.9 Å². The molecule has 0 fully saturated rings. The molecule has 1 aromatic heterocycles. The molecule has 0 aliphatic heterocycles. The fourth-order valence-electron chi connectivity index (χ4n) is 2.04. The van der Waals surface area contributed by atoms with Crippen molar-refractivity contribution in [2.24, 2.45) is 5.92 Å². The lowest BCUT2D eigenvalue weighted by Gasteiger charge is -2.20. The third kappa shape index (κ3) is 4.31. The van der Waals surface area contributed by atoms with Crippen LogP contribution in [-0.4, -0.2) is 59.1 Å². The zero-order valence-corrected chi connectivity index (χ0v) is 13.0. The van der Waals surface area contributed by atoms with Gasteiger partial charge in [-0.25, -0.2) is 0 Å². The third-order valence-electron chi connectivity index (χ3n) is 3.06. The lowest BCUT2D eigenvalue weighted by molar-refractivity contribution is 0.0380. The SMILES string of the molecule is COCC(O)CN(C)C(=O)c1cnn(CC(C)C)c1C. The van der Waals surface area contributed by atoms with Crippen LogP contribution in [0.2, 0.25) is 0 Å². The van der Waals surface area contributed by atoms with Crippen molar-refractivity contribution in [3.8, 4) is 0 Å². The normalized spacial score (nSPS) is 12.8. The van der Waals surface area contributed by atoms with Gasteiger partial charge in [-0.2, -0.15) is 5.10 Å². The van der Waals surface area contributed by atoms with E-state index in [1.807, 2.05) is 11.6 Å². The number of carbonyl (C=O) groups is 1. The number of aromatic nitrogens is 2. The average molecular weight is 283 g/mol. The van der Waals surface area contributed by atoms with Crippen LogP contribution in [0.1, 0.15) is 29.9 Å². The highest BCUT2D eigenvalue weighted by molar-refractivity contribution is 5.94. The Balaban J connectivity index is 2.74. The summed E-state index contributed by atoms with van der Waals surface area (Å²) in [5.41, 5.74) is 1.44. The number of rotatable bonds is 7. The molecule has 1 atom stereocenters. The highest BCUT2D eigenvalue weighted by Gasteiger charge is 2.20. The predicted molar refractivity (Wildman–Crippen MR) is 76.6 cm³/mol. The zero-order chi connectivity index (χ0) is 15.3. The Kier molecular flexibility index (Phi) is 6.16. The Bertz CT molecular complexity index is 443. The van der Waals surface area contributed by atoms with Crippen molar-refractivity contribution in [1.82, 2.24) is 14.7 Å². The molecule has 0 saturated heterocycles. The van der Waals surface area contributed by atoms with Crippen molar-refractivity contribution < 1.29 is 14.6 Å². The summed E-state index contributed by atoms with van der Waals surface area (Å²) in [6.45, 7) is 7.34. The van der Waals surface area contributed by atoms with Crippen LogP contribution in [0.25, 0.3) is 0 Å². The highest BCUT2D eigenvalue weighted by Crippen LogP contribution is 2.12. The summed E-state index contributed by atoms with van der Waals surface area (Å²) in [6, 6.07) is 0. The summed E-state index contributed by atoms with van der Waals surface area (Å²) in [7, 11) is 3.19. The smallest absolute Gasteiger partial charge is 0.257 e. The second-order valence-corrected chi connectivity index (χ2v) is 5.51. The fourth-order valence-corrected chi connectivity index (χ4v) is 2.04. The van der Waals surface area contributed by atoms with Gasteiger partial charge in [0.2, 0.25) is 0 Å². The van der Waals surface area contributed by atoms with Crippen molar-refractivity contribution in [2.75, 3.05) is 27.3 Å². The number of likely N-dealkylation sites (N-methyl/N-ethyl adjacent to an activating group) is 1. The molecule has 0 saturated carbocycles. The molecule has 0 aromatic carbocycles. The second kappa shape index (κ2) is 7.40. The molecule has 0 aliphatic carbocycles. The lowest BCUT2D eigenvalue weighted by atomic mass is 10.2. The highest BCUT2D eigenvalue weighted by atomic mass is 16.5. The Morgan fingerprint density at radius 1 is 1.55 bits per heavy atom. The maximum atomic E-state index is 12.3. The van der Waals surface area contributed by atoms with Gasteiger partial charge in [-0.3, -0.25) is 9.48 Å². The van der Waals surface area contributed by atoms with E-state index in [0.29, 0.717) is 11.5 Å². The Hall–Kier alpha value is -1.40. The molecule has 1 unspecified atom stereocenters. The lowest BCUT2D eigenvalue weighted by Crippen LogP contribution is -2.36. The molecule has 0 radical (unpaired) electrons. The van der Waals surface area contributed by atoms with E-state index in [1.54, 1.807) is 13.2 Å². The summed E-state index contributed by atoms with van der Waals surface area (Å²) < 4.78 is 6.70. The molecule has 20 heavy (non-hydrogen) atoms. The molecule has 6 heteroatoms. The summed E-state index contributed by atoms with van der Waals surface area (Å²) in [5.74, 6) is 0.338. The summed E-state index contributed by atoms with van der Waals surface area (Å²) >= 11 is 0. The average Bonchev–Trinajstić information content (AvgIpc) is 2.69. The van der Waals surface area contributed by atoms with Crippen molar-refractivity contribution in [3.63, 3.8) is 0 Å². The molecule has 0 bridgehead atoms. The number of hydrogen-bond donors (Lipinski definition) is 1. The number of ether oxygens (including phenoxy) is 1. The summed E-state index contributed by atoms with van der Waals surface area (Å²) in [6.07, 6.45) is 0.916. The van der Waals surface area contributed by atoms with Crippen molar-refractivity contribution in [3.05, 3.63) is 17.5 Å². The molecule has 114 valence electrons. The second-order valence-electron chi connectivity index (χ2n) is 5.51. The molecule has 1 heterocycles. The first-order valence-electron chi connectivity index (χ1n) is 6.81. The Morgan fingerprint density at radius 3 is 2.75 bits per heavy atom. The number of aliphatic hydroxyl groups is 1. The molecule has 1 N–H and O–H groups in total. The van der Waals surface area contributed by atoms with Crippen LogP contribution >= 0.6 is 0 Å². The topological polar surface area (TPSA) is 67.6 Å². The maximum Gasteiger partial charge on any atom is 0.257 e. The number of carbonyl (C=O) groups excluding carboxylic acids is 1. The van der Waals surface area contributed by atoms with Crippen LogP contribution < -0.4 is 0 Å². The van der Waals surface area contributed by atoms with Crippen LogP contribution in [0.5, 0.6) is 0 Å². The van der Waals surface area contributed by atoms with E-state index >= 15 is 0 Å². The Morgan fingerprint density at radius 2 is 2.20 bits per heavy atom. The molecule has 0 aliphatic rings. The fraction of sp³-hybridized carbons (Fsp3) is 0.714. The van der Waals surface area contributed by atoms with Crippen molar-refractivity contribution in [1.29, 1.82) is 0 Å². The Labute approximate surface area is 120 Å². The van der Waals surface area contributed by atoms with Gasteiger partial charge in [-0.15, -0.1) is 0 Å². The minimum Gasteiger partial charge on any atom is -0.389 e. The van der Waals surface area contributed by atoms with Crippen LogP contribution in [0.3, 0.4) is 0 Å². The predicted octanol–water partition coefficient (Wildman–Crippen LogP) is 0.927. The van der Waals surface area contributed by atoms with E-state index < -0.39 is 6.10 Å². The maximum absolute atomic E-state index is 12.3. The van der Waals surface area contributed by atoms with Gasteiger partial charge >= 0.3 is 0 Å². The minimum atomic E-state index is -0.681. The quantitative estimate of drug-likeness (QED) is 0.808. The molecule has 0 spiro atoms. The van der Waals surface area contributed by atoms with Gasteiger partial charge < -0.3 is 14.7 Å². The first-order valence-corrected chi connectivity index (χ1v) is 6.81. The van der Waals surface area contributed by atoms with Gasteiger partial charge in [0.1, 0.15) is 0 Å². The van der Waals surface area contributed by atoms with Crippen molar-refractivity contribution in [2.45, 2.75) is 33.4 Å². The standard InChI is InChI=1S/C14H25N3O3/c1-10(2)7-17-11(3)13(6-15-17)14(19)16(4)8-12(18)9-20-5/h6,10,12,18H,7-9H2,1-5H3. The van der Waals surface area contributed by atoms with Gasteiger partial charge in [0.05, 0.1) is 24.5 Å². The molecule has 1 amide bonds. The number of aliphatic hydroxyl groups excluding tert-OH is 1. The molecule has 1 aromatic rings. The van der Waals surface area contributed by atoms with Crippen LogP contribution in [0.4, 0.5) is 0 Å². The van der Waals surface area contributed by atoms with Crippen molar-refractivity contribution >= 4 is 5.91 Å². The number of methoxy groups -OCH3 is 1. The van der Waals surface area contributed by atoms with Gasteiger partial charge in [-0.05, 0) is 12.8 Å². The van der Waals surface area contributed by atoms with E-state index in [0.717, 1.165) is 12.2 Å². The van der Waals surface area contributed by atoms with Gasteiger partial charge in [0.15, 0.2) is 0 Å². The van der Waals surface area contributed by atoms with E-state index in [9.17, 15) is 9.90 Å². The molecular formula is C14H25N3O3. The van der Waals surface area contributed by atoms with E-state index in [4.69, 9.17) is 4.74 Å². The van der Waals surface area contributed by atoms with Gasteiger partial charge in [0.25, 0.3) is 5.91 Å². The summed E-state index contributed by atoms with van der Waals surface area (Å²) in [4.78, 5) is 13.8. The summed E-state index contributed by atoms with van der Waals surface area (Å²) in [5, 5.41) is 13.9. The molecular weight excluding hydrogens is 258 g/mol. The van der Waals surface area contributed by atoms with E-state index in [2.05, 4.69) is 18.9 Å². The zero-order valence-electron chi connectivity index (χ0n) is 13.0. The molecule has 1 rings (SSSR count). The largest absolute Gasteiger partial charge is 0.389 e. The number of nitrogens with zero attached hydrogens (tertiary/aromatic N) is 3. The minimum absolute atomic E-state index is 0.132. The van der Waals surface area contributed by atoms with E-state index in [-0.39, 0.29) is 19.1 Å². The monoisotopic (exact) mass is 283 g/mol. The first kappa shape index (κ1) is 16.7. The number of amides is 1. The van der Waals surface area contributed by atoms with Crippen LogP contribution in [0, 0.1) is 12.8 Å². The molecule has 6 nitrogen and oxygen atoms in total. The van der Waals surface area contributed by atoms with Gasteiger partial charge in [-0.1, -0.05) is 13.8 Å². The third-order valence-corrected chi connectivity index (χ3v) is 3.06. The van der Waals surface area contributed by atoms with Crippen LogP contribution in [-0.2, 0) is 11.3 Å². The van der Waals surface area contributed by atoms with E-state index in [1.165, 1.54) is 12.0 Å². The number of hydrogen-bond acceptors (Lipinski definition) is 4. The first-order chi connectivity index (χ1) is 9.36.